The molecule has 1 unspecified atom stereocenters. The molecule has 24 heavy (non-hydrogen) atoms. The summed E-state index contributed by atoms with van der Waals surface area (Å²) in [5, 5.41) is 20.3. The van der Waals surface area contributed by atoms with E-state index in [-0.39, 0.29) is 34.4 Å². The highest BCUT2D eigenvalue weighted by molar-refractivity contribution is 8.93. The second-order valence-corrected chi connectivity index (χ2v) is 6.52. The van der Waals surface area contributed by atoms with Gasteiger partial charge in [0.15, 0.2) is 11.5 Å². The summed E-state index contributed by atoms with van der Waals surface area (Å²) in [7, 11) is 0. The molecule has 0 saturated carbocycles. The second-order valence-electron chi connectivity index (χ2n) is 6.14. The SMILES string of the molecule is Br.CCCN1CCc2c(cc(O)c(O)c2Cl)C(c2ccccc2)C1. The quantitative estimate of drug-likeness (QED) is 0.716. The third kappa shape index (κ3) is 3.71. The normalized spacial score (nSPS) is 17.7. The fourth-order valence-electron chi connectivity index (χ4n) is 3.46. The van der Waals surface area contributed by atoms with Gasteiger partial charge in [-0.3, -0.25) is 0 Å². The van der Waals surface area contributed by atoms with E-state index in [1.54, 1.807) is 6.07 Å². The smallest absolute Gasteiger partial charge is 0.176 e. The van der Waals surface area contributed by atoms with Gasteiger partial charge in [0, 0.05) is 19.0 Å². The van der Waals surface area contributed by atoms with Crippen molar-refractivity contribution in [1.82, 2.24) is 4.90 Å². The largest absolute Gasteiger partial charge is 0.504 e. The molecule has 1 aliphatic rings. The number of hydrogen-bond acceptors (Lipinski definition) is 3. The zero-order valence-corrected chi connectivity index (χ0v) is 16.2. The van der Waals surface area contributed by atoms with E-state index in [4.69, 9.17) is 11.6 Å². The monoisotopic (exact) mass is 411 g/mol. The fourth-order valence-corrected chi connectivity index (χ4v) is 3.76. The summed E-state index contributed by atoms with van der Waals surface area (Å²) >= 11 is 6.34. The molecule has 0 aliphatic carbocycles. The molecule has 2 aromatic rings. The molecule has 130 valence electrons. The number of hydrogen-bond donors (Lipinski definition) is 2. The first-order valence-electron chi connectivity index (χ1n) is 8.12. The Labute approximate surface area is 158 Å². The van der Waals surface area contributed by atoms with Crippen molar-refractivity contribution in [1.29, 1.82) is 0 Å². The number of benzene rings is 2. The first-order chi connectivity index (χ1) is 11.1. The molecule has 0 amide bonds. The van der Waals surface area contributed by atoms with Gasteiger partial charge in [-0.2, -0.15) is 0 Å². The van der Waals surface area contributed by atoms with Gasteiger partial charge in [0.1, 0.15) is 0 Å². The van der Waals surface area contributed by atoms with Crippen molar-refractivity contribution in [3.8, 4) is 11.5 Å². The Balaban J connectivity index is 0.00000208. The van der Waals surface area contributed by atoms with Crippen LogP contribution < -0.4 is 0 Å². The highest BCUT2D eigenvalue weighted by atomic mass is 79.9. The first-order valence-corrected chi connectivity index (χ1v) is 8.50. The van der Waals surface area contributed by atoms with Gasteiger partial charge < -0.3 is 15.1 Å². The van der Waals surface area contributed by atoms with Crippen molar-refractivity contribution in [2.24, 2.45) is 0 Å². The van der Waals surface area contributed by atoms with E-state index in [1.807, 2.05) is 18.2 Å². The Morgan fingerprint density at radius 2 is 1.92 bits per heavy atom. The Kier molecular flexibility index (Phi) is 6.55. The van der Waals surface area contributed by atoms with Crippen LogP contribution in [0, 0.1) is 0 Å². The average molecular weight is 413 g/mol. The van der Waals surface area contributed by atoms with Crippen LogP contribution in [0.5, 0.6) is 11.5 Å². The number of fused-ring (bicyclic) bond motifs is 1. The lowest BCUT2D eigenvalue weighted by molar-refractivity contribution is 0.277. The van der Waals surface area contributed by atoms with Crippen molar-refractivity contribution in [2.45, 2.75) is 25.7 Å². The molecule has 2 aromatic carbocycles. The molecular weight excluding hydrogens is 390 g/mol. The summed E-state index contributed by atoms with van der Waals surface area (Å²) in [6.07, 6.45) is 1.88. The zero-order valence-electron chi connectivity index (χ0n) is 13.7. The Hall–Kier alpha value is -1.23. The topological polar surface area (TPSA) is 43.7 Å². The summed E-state index contributed by atoms with van der Waals surface area (Å²) in [5.74, 6) is -0.205. The van der Waals surface area contributed by atoms with Gasteiger partial charge in [0.25, 0.3) is 0 Å². The maximum absolute atomic E-state index is 10.0. The number of aromatic hydroxyl groups is 2. The molecule has 1 atom stereocenters. The molecular formula is C19H23BrClNO2. The molecule has 0 saturated heterocycles. The van der Waals surface area contributed by atoms with Crippen LogP contribution in [0.3, 0.4) is 0 Å². The maximum atomic E-state index is 10.0. The van der Waals surface area contributed by atoms with Gasteiger partial charge in [-0.05, 0) is 42.1 Å². The highest BCUT2D eigenvalue weighted by Gasteiger charge is 2.28. The van der Waals surface area contributed by atoms with E-state index in [2.05, 4.69) is 24.0 Å². The summed E-state index contributed by atoms with van der Waals surface area (Å²) in [6.45, 7) is 5.02. The van der Waals surface area contributed by atoms with Gasteiger partial charge in [0.05, 0.1) is 5.02 Å². The molecule has 3 rings (SSSR count). The molecule has 0 spiro atoms. The summed E-state index contributed by atoms with van der Waals surface area (Å²) in [5.41, 5.74) is 3.18. The number of phenols is 2. The lowest BCUT2D eigenvalue weighted by atomic mass is 9.87. The Morgan fingerprint density at radius 1 is 1.21 bits per heavy atom. The van der Waals surface area contributed by atoms with Crippen LogP contribution in [0.4, 0.5) is 0 Å². The van der Waals surface area contributed by atoms with Crippen molar-refractivity contribution in [2.75, 3.05) is 19.6 Å². The van der Waals surface area contributed by atoms with E-state index in [9.17, 15) is 10.2 Å². The first kappa shape index (κ1) is 19.1. The number of halogens is 2. The van der Waals surface area contributed by atoms with Crippen LogP contribution in [-0.4, -0.2) is 34.7 Å². The van der Waals surface area contributed by atoms with Gasteiger partial charge in [-0.25, -0.2) is 0 Å². The lowest BCUT2D eigenvalue weighted by Crippen LogP contribution is -2.29. The Morgan fingerprint density at radius 3 is 2.58 bits per heavy atom. The van der Waals surface area contributed by atoms with Gasteiger partial charge in [0.2, 0.25) is 0 Å². The maximum Gasteiger partial charge on any atom is 0.176 e. The van der Waals surface area contributed by atoms with E-state index in [0.717, 1.165) is 43.6 Å². The zero-order chi connectivity index (χ0) is 16.4. The predicted octanol–water partition coefficient (Wildman–Crippen LogP) is 4.73. The lowest BCUT2D eigenvalue weighted by Gasteiger charge is -2.25. The Bertz CT molecular complexity index is 694. The molecule has 2 N–H and O–H groups in total. The van der Waals surface area contributed by atoms with Crippen molar-refractivity contribution >= 4 is 28.6 Å². The van der Waals surface area contributed by atoms with Crippen LogP contribution >= 0.6 is 28.6 Å². The molecule has 0 radical (unpaired) electrons. The van der Waals surface area contributed by atoms with E-state index in [0.29, 0.717) is 5.02 Å². The highest BCUT2D eigenvalue weighted by Crippen LogP contribution is 2.43. The number of phenolic OH excluding ortho intramolecular Hbond substituents is 2. The minimum absolute atomic E-state index is 0. The number of nitrogens with zero attached hydrogens (tertiary/aromatic N) is 1. The molecule has 3 nitrogen and oxygen atoms in total. The van der Waals surface area contributed by atoms with Crippen LogP contribution in [0.25, 0.3) is 0 Å². The van der Waals surface area contributed by atoms with Crippen molar-refractivity contribution in [3.63, 3.8) is 0 Å². The van der Waals surface area contributed by atoms with Crippen molar-refractivity contribution in [3.05, 3.63) is 58.1 Å². The van der Waals surface area contributed by atoms with Crippen molar-refractivity contribution < 1.29 is 10.2 Å². The molecule has 0 bridgehead atoms. The second kappa shape index (κ2) is 8.24. The third-order valence-corrected chi connectivity index (χ3v) is 5.00. The fraction of sp³-hybridized carbons (Fsp3) is 0.368. The van der Waals surface area contributed by atoms with Crippen LogP contribution in [0.15, 0.2) is 36.4 Å². The van der Waals surface area contributed by atoms with Gasteiger partial charge >= 0.3 is 0 Å². The summed E-state index contributed by atoms with van der Waals surface area (Å²) < 4.78 is 0. The molecule has 0 fully saturated rings. The van der Waals surface area contributed by atoms with Crippen LogP contribution in [0.1, 0.15) is 36.0 Å². The summed E-state index contributed by atoms with van der Waals surface area (Å²) in [6, 6.07) is 12.0. The van der Waals surface area contributed by atoms with E-state index >= 15 is 0 Å². The van der Waals surface area contributed by atoms with Gasteiger partial charge in [-0.15, -0.1) is 17.0 Å². The van der Waals surface area contributed by atoms with E-state index < -0.39 is 0 Å². The average Bonchev–Trinajstić information content (AvgIpc) is 2.74. The van der Waals surface area contributed by atoms with Crippen LogP contribution in [-0.2, 0) is 6.42 Å². The predicted molar refractivity (Wildman–Crippen MR) is 104 cm³/mol. The molecule has 1 heterocycles. The number of rotatable bonds is 3. The van der Waals surface area contributed by atoms with Gasteiger partial charge in [-0.1, -0.05) is 48.9 Å². The molecule has 1 aliphatic heterocycles. The summed E-state index contributed by atoms with van der Waals surface area (Å²) in [4.78, 5) is 2.43. The standard InChI is InChI=1S/C19H22ClNO2.BrH/c1-2-9-21-10-8-14-15(11-17(22)19(23)18(14)20)16(12-21)13-6-4-3-5-7-13;/h3-7,11,16,22-23H,2,8-10,12H2,1H3;1H. The van der Waals surface area contributed by atoms with Crippen LogP contribution in [0.2, 0.25) is 5.02 Å². The minimum Gasteiger partial charge on any atom is -0.504 e. The van der Waals surface area contributed by atoms with E-state index in [1.165, 1.54) is 5.56 Å². The minimum atomic E-state index is -0.207. The molecule has 5 heteroatoms. The molecule has 0 aromatic heterocycles. The third-order valence-electron chi connectivity index (χ3n) is 4.59.